The fourth-order valence-corrected chi connectivity index (χ4v) is 1.87. The summed E-state index contributed by atoms with van der Waals surface area (Å²) in [5, 5.41) is 3.24. The van der Waals surface area contributed by atoms with Gasteiger partial charge in [-0.3, -0.25) is 0 Å². The molecule has 0 saturated heterocycles. The lowest BCUT2D eigenvalue weighted by atomic mass is 10.5. The van der Waals surface area contributed by atoms with E-state index in [1.165, 1.54) is 0 Å². The Bertz CT molecular complexity index is 102. The molecule has 0 heterocycles. The van der Waals surface area contributed by atoms with Crippen LogP contribution in [-0.2, 0) is 9.47 Å². The van der Waals surface area contributed by atoms with Crippen LogP contribution in [0.1, 0.15) is 6.42 Å². The Hall–Kier alpha value is 0.0569. The zero-order valence-electron chi connectivity index (χ0n) is 8.51. The highest BCUT2D eigenvalue weighted by molar-refractivity contribution is 6.36. The second kappa shape index (κ2) is 10.1. The van der Waals surface area contributed by atoms with Crippen LogP contribution < -0.4 is 11.1 Å². The van der Waals surface area contributed by atoms with Crippen molar-refractivity contribution in [2.75, 3.05) is 33.9 Å². The van der Waals surface area contributed by atoms with Gasteiger partial charge in [0.15, 0.2) is 0 Å². The second-order valence-electron chi connectivity index (χ2n) is 2.65. The van der Waals surface area contributed by atoms with Gasteiger partial charge >= 0.3 is 0 Å². The molecule has 0 aromatic rings. The first kappa shape index (κ1) is 13.1. The lowest BCUT2D eigenvalue weighted by Gasteiger charge is -2.11. The lowest BCUT2D eigenvalue weighted by Crippen LogP contribution is -2.25. The molecule has 0 aromatic heterocycles. The summed E-state index contributed by atoms with van der Waals surface area (Å²) in [4.78, 5) is 0. The average molecular weight is 204 g/mol. The molecule has 0 spiro atoms. The van der Waals surface area contributed by atoms with Gasteiger partial charge in [-0.05, 0) is 13.0 Å². The highest BCUT2D eigenvalue weighted by atomic mass is 28.2. The van der Waals surface area contributed by atoms with Crippen molar-refractivity contribution in [3.63, 3.8) is 0 Å². The Morgan fingerprint density at radius 2 is 2.00 bits per heavy atom. The SMILES string of the molecule is COC(OC)[Si]CCCNCCN. The molecule has 5 heteroatoms. The third-order valence-electron chi connectivity index (χ3n) is 1.59. The van der Waals surface area contributed by atoms with Crippen molar-refractivity contribution in [1.82, 2.24) is 5.32 Å². The molecule has 0 bridgehead atoms. The molecule has 4 nitrogen and oxygen atoms in total. The van der Waals surface area contributed by atoms with Gasteiger partial charge in [0, 0.05) is 27.3 Å². The first-order chi connectivity index (χ1) is 6.35. The first-order valence-electron chi connectivity index (χ1n) is 4.55. The van der Waals surface area contributed by atoms with Crippen molar-refractivity contribution < 1.29 is 9.47 Å². The molecule has 0 saturated carbocycles. The normalized spacial score (nSPS) is 11.1. The van der Waals surface area contributed by atoms with Gasteiger partial charge < -0.3 is 20.5 Å². The van der Waals surface area contributed by atoms with E-state index in [9.17, 15) is 0 Å². The van der Waals surface area contributed by atoms with Crippen LogP contribution in [-0.4, -0.2) is 49.3 Å². The molecule has 2 radical (unpaired) electrons. The smallest absolute Gasteiger partial charge is 0.136 e. The largest absolute Gasteiger partial charge is 0.360 e. The van der Waals surface area contributed by atoms with Gasteiger partial charge in [0.05, 0.1) is 0 Å². The van der Waals surface area contributed by atoms with Crippen LogP contribution in [0.5, 0.6) is 0 Å². The minimum absolute atomic E-state index is 0.0190. The number of nitrogens with two attached hydrogens (primary N) is 1. The highest BCUT2D eigenvalue weighted by Gasteiger charge is 2.04. The van der Waals surface area contributed by atoms with Crippen LogP contribution in [0.15, 0.2) is 0 Å². The molecular formula is C8H20N2O2Si. The van der Waals surface area contributed by atoms with Crippen molar-refractivity contribution in [1.29, 1.82) is 0 Å². The summed E-state index contributed by atoms with van der Waals surface area (Å²) in [7, 11) is 4.07. The Morgan fingerprint density at radius 1 is 1.31 bits per heavy atom. The molecule has 0 aliphatic carbocycles. The van der Waals surface area contributed by atoms with E-state index in [1.807, 2.05) is 0 Å². The van der Waals surface area contributed by atoms with Crippen molar-refractivity contribution in [3.05, 3.63) is 0 Å². The minimum Gasteiger partial charge on any atom is -0.360 e. The first-order valence-corrected chi connectivity index (χ1v) is 5.83. The monoisotopic (exact) mass is 204 g/mol. The molecule has 78 valence electrons. The highest BCUT2D eigenvalue weighted by Crippen LogP contribution is 1.94. The van der Waals surface area contributed by atoms with Gasteiger partial charge in [-0.25, -0.2) is 0 Å². The number of hydrogen-bond donors (Lipinski definition) is 2. The molecule has 0 rings (SSSR count). The average Bonchev–Trinajstić information content (AvgIpc) is 2.17. The van der Waals surface area contributed by atoms with Crippen molar-refractivity contribution >= 4 is 9.52 Å². The number of ether oxygens (including phenoxy) is 2. The van der Waals surface area contributed by atoms with Crippen LogP contribution in [0.2, 0.25) is 6.04 Å². The number of methoxy groups -OCH3 is 2. The van der Waals surface area contributed by atoms with Gasteiger partial charge in [0.1, 0.15) is 15.4 Å². The van der Waals surface area contributed by atoms with Gasteiger partial charge in [0.25, 0.3) is 0 Å². The van der Waals surface area contributed by atoms with Crippen LogP contribution >= 0.6 is 0 Å². The molecule has 0 atom stereocenters. The lowest BCUT2D eigenvalue weighted by molar-refractivity contribution is -0.0441. The van der Waals surface area contributed by atoms with Crippen LogP contribution in [0.25, 0.3) is 0 Å². The Kier molecular flexibility index (Phi) is 10.2. The predicted molar refractivity (Wildman–Crippen MR) is 54.9 cm³/mol. The van der Waals surface area contributed by atoms with Gasteiger partial charge in [0.2, 0.25) is 0 Å². The van der Waals surface area contributed by atoms with E-state index in [0.717, 1.165) is 35.1 Å². The zero-order valence-corrected chi connectivity index (χ0v) is 9.51. The Morgan fingerprint density at radius 3 is 2.54 bits per heavy atom. The summed E-state index contributed by atoms with van der Waals surface area (Å²) < 4.78 is 10.2. The van der Waals surface area contributed by atoms with E-state index < -0.39 is 0 Å². The van der Waals surface area contributed by atoms with E-state index in [1.54, 1.807) is 14.2 Å². The van der Waals surface area contributed by atoms with Gasteiger partial charge in [-0.15, -0.1) is 0 Å². The second-order valence-corrected chi connectivity index (χ2v) is 4.03. The quantitative estimate of drug-likeness (QED) is 0.305. The molecule has 0 aliphatic heterocycles. The molecule has 0 aromatic carbocycles. The fourth-order valence-electron chi connectivity index (χ4n) is 0.923. The van der Waals surface area contributed by atoms with E-state index in [4.69, 9.17) is 15.2 Å². The van der Waals surface area contributed by atoms with Crippen molar-refractivity contribution in [3.8, 4) is 0 Å². The summed E-state index contributed by atoms with van der Waals surface area (Å²) in [5.41, 5.74) is 5.33. The maximum atomic E-state index is 5.33. The summed E-state index contributed by atoms with van der Waals surface area (Å²) in [6.07, 6.45) is 1.15. The summed E-state index contributed by atoms with van der Waals surface area (Å²) >= 11 is 0. The third kappa shape index (κ3) is 8.39. The third-order valence-corrected chi connectivity index (χ3v) is 3.04. The summed E-state index contributed by atoms with van der Waals surface area (Å²) in [5.74, 6) is -0.0190. The standard InChI is InChI=1S/C8H20N2O2Si/c1-11-8(12-2)13-7-3-5-10-6-4-9/h8,10H,3-7,9H2,1-2H3. The molecule has 0 unspecified atom stereocenters. The summed E-state index contributed by atoms with van der Waals surface area (Å²) in [6.45, 7) is 2.65. The van der Waals surface area contributed by atoms with Crippen molar-refractivity contribution in [2.24, 2.45) is 5.73 Å². The Labute approximate surface area is 83.0 Å². The van der Waals surface area contributed by atoms with Gasteiger partial charge in [-0.1, -0.05) is 6.04 Å². The molecule has 13 heavy (non-hydrogen) atoms. The topological polar surface area (TPSA) is 56.5 Å². The van der Waals surface area contributed by atoms with Crippen LogP contribution in [0.3, 0.4) is 0 Å². The number of nitrogens with one attached hydrogen (secondary N) is 1. The molecule has 0 aliphatic rings. The molecule has 0 amide bonds. The molecule has 3 N–H and O–H groups in total. The Balaban J connectivity index is 3.05. The summed E-state index contributed by atoms with van der Waals surface area (Å²) in [6, 6.07) is 1.14. The van der Waals surface area contributed by atoms with E-state index in [2.05, 4.69) is 5.32 Å². The van der Waals surface area contributed by atoms with Crippen LogP contribution in [0, 0.1) is 0 Å². The zero-order chi connectivity index (χ0) is 9.94. The number of rotatable bonds is 9. The predicted octanol–water partition coefficient (Wildman–Crippen LogP) is -0.376. The van der Waals surface area contributed by atoms with E-state index in [0.29, 0.717) is 6.54 Å². The van der Waals surface area contributed by atoms with Crippen LogP contribution in [0.4, 0.5) is 0 Å². The van der Waals surface area contributed by atoms with E-state index >= 15 is 0 Å². The maximum absolute atomic E-state index is 5.33. The maximum Gasteiger partial charge on any atom is 0.136 e. The van der Waals surface area contributed by atoms with Gasteiger partial charge in [-0.2, -0.15) is 0 Å². The molecular weight excluding hydrogens is 184 g/mol. The minimum atomic E-state index is -0.0190. The molecule has 0 fully saturated rings. The fraction of sp³-hybridized carbons (Fsp3) is 1.00. The van der Waals surface area contributed by atoms with Crippen molar-refractivity contribution in [2.45, 2.75) is 18.4 Å². The number of hydrogen-bond acceptors (Lipinski definition) is 4. The van der Waals surface area contributed by atoms with E-state index in [-0.39, 0.29) is 5.91 Å².